The van der Waals surface area contributed by atoms with Gasteiger partial charge in [-0.25, -0.2) is 9.97 Å². The molecule has 0 aliphatic rings. The summed E-state index contributed by atoms with van der Waals surface area (Å²) < 4.78 is 5.18. The first-order valence-electron chi connectivity index (χ1n) is 8.28. The third-order valence-electron chi connectivity index (χ3n) is 3.56. The quantitative estimate of drug-likeness (QED) is 0.741. The summed E-state index contributed by atoms with van der Waals surface area (Å²) in [5.74, 6) is 3.11. The molecule has 0 radical (unpaired) electrons. The number of benzene rings is 1. The topological polar surface area (TPSA) is 50.3 Å². The van der Waals surface area contributed by atoms with Gasteiger partial charge in [-0.05, 0) is 38.0 Å². The fraction of sp³-hybridized carbons (Fsp3) is 0.444. The van der Waals surface area contributed by atoms with Crippen LogP contribution < -0.4 is 15.0 Å². The first-order chi connectivity index (χ1) is 11.6. The first-order valence-corrected chi connectivity index (χ1v) is 8.66. The number of rotatable bonds is 8. The molecule has 24 heavy (non-hydrogen) atoms. The lowest BCUT2D eigenvalue weighted by molar-refractivity contribution is 0.415. The maximum atomic E-state index is 6.19. The molecule has 0 saturated heterocycles. The van der Waals surface area contributed by atoms with Crippen LogP contribution in [-0.4, -0.2) is 30.2 Å². The second-order valence-corrected chi connectivity index (χ2v) is 6.03. The molecule has 2 rings (SSSR count). The van der Waals surface area contributed by atoms with E-state index in [0.29, 0.717) is 10.8 Å². The van der Waals surface area contributed by atoms with E-state index in [4.69, 9.17) is 16.3 Å². The monoisotopic (exact) mass is 348 g/mol. The minimum atomic E-state index is 0.562. The summed E-state index contributed by atoms with van der Waals surface area (Å²) in [4.78, 5) is 11.4. The molecule has 0 spiro atoms. The second-order valence-electron chi connectivity index (χ2n) is 5.62. The Bertz CT molecular complexity index is 672. The summed E-state index contributed by atoms with van der Waals surface area (Å²) in [6.07, 6.45) is 2.17. The molecule has 0 bridgehead atoms. The van der Waals surface area contributed by atoms with Gasteiger partial charge in [-0.3, -0.25) is 0 Å². The average Bonchev–Trinajstić information content (AvgIpc) is 2.54. The van der Waals surface area contributed by atoms with Crippen LogP contribution in [0, 0.1) is 6.92 Å². The summed E-state index contributed by atoms with van der Waals surface area (Å²) in [5.41, 5.74) is 0.863. The third-order valence-corrected chi connectivity index (χ3v) is 3.86. The third kappa shape index (κ3) is 4.74. The molecule has 1 aromatic carbocycles. The van der Waals surface area contributed by atoms with Gasteiger partial charge in [0.2, 0.25) is 0 Å². The van der Waals surface area contributed by atoms with Crippen molar-refractivity contribution < 1.29 is 4.74 Å². The normalized spacial score (nSPS) is 10.5. The van der Waals surface area contributed by atoms with Crippen LogP contribution in [0.5, 0.6) is 5.75 Å². The molecular weight excluding hydrogens is 324 g/mol. The number of anilines is 3. The largest absolute Gasteiger partial charge is 0.495 e. The fourth-order valence-corrected chi connectivity index (χ4v) is 2.81. The van der Waals surface area contributed by atoms with Crippen LogP contribution in [0.1, 0.15) is 32.5 Å². The predicted octanol–water partition coefficient (Wildman–Crippen LogP) is 4.82. The fourth-order valence-electron chi connectivity index (χ4n) is 2.55. The molecule has 0 aliphatic heterocycles. The van der Waals surface area contributed by atoms with Gasteiger partial charge in [0.05, 0.1) is 12.1 Å². The Morgan fingerprint density at radius 1 is 1.12 bits per heavy atom. The van der Waals surface area contributed by atoms with E-state index in [1.165, 1.54) is 0 Å². The lowest BCUT2D eigenvalue weighted by Crippen LogP contribution is -2.26. The zero-order valence-electron chi connectivity index (χ0n) is 14.8. The second kappa shape index (κ2) is 8.73. The highest BCUT2D eigenvalue weighted by molar-refractivity contribution is 6.32. The van der Waals surface area contributed by atoms with E-state index in [2.05, 4.69) is 34.0 Å². The van der Waals surface area contributed by atoms with Crippen molar-refractivity contribution in [2.75, 3.05) is 30.4 Å². The number of aromatic nitrogens is 2. The van der Waals surface area contributed by atoms with E-state index >= 15 is 0 Å². The van der Waals surface area contributed by atoms with E-state index in [9.17, 15) is 0 Å². The molecule has 0 atom stereocenters. The van der Waals surface area contributed by atoms with Gasteiger partial charge in [-0.15, -0.1) is 0 Å². The van der Waals surface area contributed by atoms with Crippen LogP contribution in [0.15, 0.2) is 24.3 Å². The van der Waals surface area contributed by atoms with Crippen molar-refractivity contribution in [2.24, 2.45) is 0 Å². The average molecular weight is 349 g/mol. The molecule has 0 saturated carbocycles. The highest BCUT2D eigenvalue weighted by atomic mass is 35.5. The molecule has 1 aromatic heterocycles. The Balaban J connectivity index is 2.25. The Morgan fingerprint density at radius 3 is 2.42 bits per heavy atom. The molecule has 0 unspecified atom stereocenters. The molecule has 1 heterocycles. The SMILES string of the molecule is CCCN(CCC)c1cc(Nc2ccc(OC)c(Cl)c2)nc(C)n1. The van der Waals surface area contributed by atoms with Gasteiger partial charge in [-0.2, -0.15) is 0 Å². The van der Waals surface area contributed by atoms with Crippen molar-refractivity contribution in [1.82, 2.24) is 9.97 Å². The van der Waals surface area contributed by atoms with Gasteiger partial charge in [0.1, 0.15) is 23.2 Å². The Hall–Kier alpha value is -2.01. The number of hydrogen-bond donors (Lipinski definition) is 1. The zero-order chi connectivity index (χ0) is 17.5. The van der Waals surface area contributed by atoms with E-state index in [-0.39, 0.29) is 0 Å². The smallest absolute Gasteiger partial charge is 0.137 e. The van der Waals surface area contributed by atoms with E-state index in [1.54, 1.807) is 7.11 Å². The van der Waals surface area contributed by atoms with Crippen LogP contribution in [0.4, 0.5) is 17.3 Å². The van der Waals surface area contributed by atoms with Crippen molar-refractivity contribution in [3.8, 4) is 5.75 Å². The Kier molecular flexibility index (Phi) is 6.67. The summed E-state index contributed by atoms with van der Waals surface area (Å²) in [6.45, 7) is 8.23. The molecule has 130 valence electrons. The summed E-state index contributed by atoms with van der Waals surface area (Å²) in [7, 11) is 1.60. The van der Waals surface area contributed by atoms with E-state index < -0.39 is 0 Å². The van der Waals surface area contributed by atoms with Crippen LogP contribution in [0.25, 0.3) is 0 Å². The highest BCUT2D eigenvalue weighted by Crippen LogP contribution is 2.29. The van der Waals surface area contributed by atoms with Crippen molar-refractivity contribution in [1.29, 1.82) is 0 Å². The maximum Gasteiger partial charge on any atom is 0.137 e. The van der Waals surface area contributed by atoms with Gasteiger partial charge < -0.3 is 15.0 Å². The van der Waals surface area contributed by atoms with Crippen molar-refractivity contribution in [3.63, 3.8) is 0 Å². The molecule has 2 aromatic rings. The molecular formula is C18H25ClN4O. The number of nitrogens with one attached hydrogen (secondary N) is 1. The summed E-state index contributed by atoms with van der Waals surface area (Å²) in [5, 5.41) is 3.86. The first kappa shape index (κ1) is 18.3. The molecule has 6 heteroatoms. The molecule has 0 aliphatic carbocycles. The number of methoxy groups -OCH3 is 1. The molecule has 1 N–H and O–H groups in total. The van der Waals surface area contributed by atoms with Gasteiger partial charge in [-0.1, -0.05) is 25.4 Å². The van der Waals surface area contributed by atoms with Gasteiger partial charge in [0.15, 0.2) is 0 Å². The van der Waals surface area contributed by atoms with Crippen LogP contribution >= 0.6 is 11.6 Å². The lowest BCUT2D eigenvalue weighted by Gasteiger charge is -2.23. The van der Waals surface area contributed by atoms with E-state index in [1.807, 2.05) is 31.2 Å². The number of hydrogen-bond acceptors (Lipinski definition) is 5. The molecule has 5 nitrogen and oxygen atoms in total. The predicted molar refractivity (Wildman–Crippen MR) is 101 cm³/mol. The minimum absolute atomic E-state index is 0.562. The van der Waals surface area contributed by atoms with Crippen molar-refractivity contribution in [2.45, 2.75) is 33.6 Å². The zero-order valence-corrected chi connectivity index (χ0v) is 15.5. The maximum absolute atomic E-state index is 6.19. The van der Waals surface area contributed by atoms with Crippen LogP contribution in [0.2, 0.25) is 5.02 Å². The van der Waals surface area contributed by atoms with Crippen LogP contribution in [0.3, 0.4) is 0 Å². The Morgan fingerprint density at radius 2 is 1.83 bits per heavy atom. The number of ether oxygens (including phenoxy) is 1. The summed E-state index contributed by atoms with van der Waals surface area (Å²) >= 11 is 6.19. The number of nitrogens with zero attached hydrogens (tertiary/aromatic N) is 3. The summed E-state index contributed by atoms with van der Waals surface area (Å²) in [6, 6.07) is 7.56. The van der Waals surface area contributed by atoms with Gasteiger partial charge in [0.25, 0.3) is 0 Å². The number of aryl methyl sites for hydroxylation is 1. The minimum Gasteiger partial charge on any atom is -0.495 e. The molecule has 0 amide bonds. The van der Waals surface area contributed by atoms with Gasteiger partial charge in [0, 0.05) is 24.8 Å². The molecule has 0 fully saturated rings. The highest BCUT2D eigenvalue weighted by Gasteiger charge is 2.10. The van der Waals surface area contributed by atoms with E-state index in [0.717, 1.165) is 49.1 Å². The Labute approximate surface area is 149 Å². The lowest BCUT2D eigenvalue weighted by atomic mass is 10.3. The van der Waals surface area contributed by atoms with Crippen LogP contribution in [-0.2, 0) is 0 Å². The van der Waals surface area contributed by atoms with Crippen molar-refractivity contribution >= 4 is 28.9 Å². The number of halogens is 1. The van der Waals surface area contributed by atoms with Crippen molar-refractivity contribution in [3.05, 3.63) is 35.1 Å². The van der Waals surface area contributed by atoms with Gasteiger partial charge >= 0.3 is 0 Å². The standard InChI is InChI=1S/C18H25ClN4O/c1-5-9-23(10-6-2)18-12-17(20-13(3)21-18)22-14-7-8-16(24-4)15(19)11-14/h7-8,11-12H,5-6,9-10H2,1-4H3,(H,20,21,22).